The van der Waals surface area contributed by atoms with Crippen molar-refractivity contribution in [3.05, 3.63) is 51.9 Å². The van der Waals surface area contributed by atoms with Crippen LogP contribution in [0.2, 0.25) is 0 Å². The van der Waals surface area contributed by atoms with Gasteiger partial charge in [-0.25, -0.2) is 9.50 Å². The summed E-state index contributed by atoms with van der Waals surface area (Å²) in [7, 11) is 1.63. The first-order chi connectivity index (χ1) is 16.0. The van der Waals surface area contributed by atoms with Gasteiger partial charge < -0.3 is 14.5 Å². The van der Waals surface area contributed by atoms with Crippen LogP contribution >= 0.6 is 0 Å². The number of fused-ring (bicyclic) bond motifs is 2. The summed E-state index contributed by atoms with van der Waals surface area (Å²) in [5.74, 6) is 0.831. The zero-order chi connectivity index (χ0) is 22.9. The molecular weight excluding hydrogens is 418 g/mol. The molecule has 2 aliphatic rings. The Kier molecular flexibility index (Phi) is 5.93. The molecule has 8 nitrogen and oxygen atoms in total. The summed E-state index contributed by atoms with van der Waals surface area (Å²) in [6.45, 7) is 5.88. The van der Waals surface area contributed by atoms with Gasteiger partial charge in [-0.05, 0) is 55.8 Å². The molecule has 4 heterocycles. The molecule has 0 saturated carbocycles. The topological polar surface area (TPSA) is 82.9 Å². The second-order valence-electron chi connectivity index (χ2n) is 9.21. The summed E-state index contributed by atoms with van der Waals surface area (Å²) >= 11 is 0. The normalized spacial score (nSPS) is 17.7. The molecule has 33 heavy (non-hydrogen) atoms. The van der Waals surface area contributed by atoms with Gasteiger partial charge in [0.15, 0.2) is 5.65 Å². The van der Waals surface area contributed by atoms with Crippen LogP contribution in [-0.2, 0) is 17.8 Å². The molecule has 1 saturated heterocycles. The summed E-state index contributed by atoms with van der Waals surface area (Å²) in [6.07, 6.45) is 4.31. The van der Waals surface area contributed by atoms with Gasteiger partial charge in [-0.15, -0.1) is 0 Å². The fourth-order valence-electron chi connectivity index (χ4n) is 5.01. The van der Waals surface area contributed by atoms with Gasteiger partial charge in [0.05, 0.1) is 30.6 Å². The minimum Gasteiger partial charge on any atom is -0.497 e. The van der Waals surface area contributed by atoms with Gasteiger partial charge in [0.25, 0.3) is 5.56 Å². The Morgan fingerprint density at radius 2 is 1.91 bits per heavy atom. The number of carbonyl (C=O) groups is 1. The molecule has 3 aromatic rings. The number of benzene rings is 1. The number of aromatic nitrogens is 3. The molecule has 0 unspecified atom stereocenters. The number of amides is 1. The minimum absolute atomic E-state index is 0.0729. The molecule has 1 fully saturated rings. The molecular formula is C25H31N5O3. The van der Waals surface area contributed by atoms with Gasteiger partial charge in [-0.3, -0.25) is 14.7 Å². The fraction of sp³-hybridized carbons (Fsp3) is 0.480. The summed E-state index contributed by atoms with van der Waals surface area (Å²) in [6, 6.07) is 9.55. The van der Waals surface area contributed by atoms with Crippen LogP contribution in [0.5, 0.6) is 5.75 Å². The van der Waals surface area contributed by atoms with Gasteiger partial charge in [0.1, 0.15) is 5.75 Å². The molecule has 2 aliphatic heterocycles. The van der Waals surface area contributed by atoms with Crippen LogP contribution in [0.1, 0.15) is 37.4 Å². The van der Waals surface area contributed by atoms with Crippen molar-refractivity contribution < 1.29 is 9.53 Å². The zero-order valence-corrected chi connectivity index (χ0v) is 19.3. The number of hydrogen-bond donors (Lipinski definition) is 1. The molecule has 1 aromatic carbocycles. The van der Waals surface area contributed by atoms with Crippen molar-refractivity contribution in [3.8, 4) is 17.0 Å². The van der Waals surface area contributed by atoms with Crippen molar-refractivity contribution in [2.75, 3.05) is 33.3 Å². The van der Waals surface area contributed by atoms with Crippen molar-refractivity contribution in [2.24, 2.45) is 5.92 Å². The molecule has 0 radical (unpaired) electrons. The number of nitrogens with zero attached hydrogens (tertiary/aromatic N) is 4. The molecule has 2 aromatic heterocycles. The van der Waals surface area contributed by atoms with Crippen molar-refractivity contribution in [1.82, 2.24) is 24.4 Å². The average Bonchev–Trinajstić information content (AvgIpc) is 3.28. The van der Waals surface area contributed by atoms with Crippen molar-refractivity contribution in [1.29, 1.82) is 0 Å². The quantitative estimate of drug-likeness (QED) is 0.648. The summed E-state index contributed by atoms with van der Waals surface area (Å²) in [5, 5.41) is 3.18. The van der Waals surface area contributed by atoms with E-state index in [0.717, 1.165) is 42.3 Å². The van der Waals surface area contributed by atoms with Crippen LogP contribution in [0.3, 0.4) is 0 Å². The highest BCUT2D eigenvalue weighted by atomic mass is 16.5. The second-order valence-corrected chi connectivity index (χ2v) is 9.21. The number of piperidine rings is 1. The maximum absolute atomic E-state index is 13.3. The lowest BCUT2D eigenvalue weighted by Crippen LogP contribution is -2.45. The molecule has 8 heteroatoms. The number of nitrogens with one attached hydrogen (secondary N) is 1. The summed E-state index contributed by atoms with van der Waals surface area (Å²) < 4.78 is 6.72. The number of carbonyl (C=O) groups excluding carboxylic acids is 1. The van der Waals surface area contributed by atoms with E-state index in [1.165, 1.54) is 23.8 Å². The average molecular weight is 450 g/mol. The Bertz CT molecular complexity index is 1210. The second kappa shape index (κ2) is 9.02. The first-order valence-corrected chi connectivity index (χ1v) is 11.8. The predicted octanol–water partition coefficient (Wildman–Crippen LogP) is 2.70. The molecule has 5 rings (SSSR count). The van der Waals surface area contributed by atoms with Gasteiger partial charge in [0, 0.05) is 31.5 Å². The zero-order valence-electron chi connectivity index (χ0n) is 19.3. The summed E-state index contributed by atoms with van der Waals surface area (Å²) in [4.78, 5) is 35.4. The molecule has 1 amide bonds. The van der Waals surface area contributed by atoms with E-state index in [2.05, 4.69) is 10.00 Å². The van der Waals surface area contributed by atoms with E-state index in [-0.39, 0.29) is 17.4 Å². The van der Waals surface area contributed by atoms with E-state index in [1.54, 1.807) is 7.11 Å². The van der Waals surface area contributed by atoms with Crippen LogP contribution in [0.25, 0.3) is 16.9 Å². The SMILES string of the molecule is COc1ccc(-c2cc3nc4c(c(=O)n3[nH]2)CN(C(=O)[C@@H](C)CN2CCCCC2)CC4)cc1. The van der Waals surface area contributed by atoms with Gasteiger partial charge in [-0.1, -0.05) is 13.3 Å². The highest BCUT2D eigenvalue weighted by Crippen LogP contribution is 2.23. The first-order valence-electron chi connectivity index (χ1n) is 11.8. The molecule has 0 spiro atoms. The predicted molar refractivity (Wildman–Crippen MR) is 126 cm³/mol. The standard InChI is InChI=1S/C25H31N5O3/c1-17(15-28-11-4-3-5-12-28)24(31)29-13-10-21-20(16-29)25(32)30-23(26-21)14-22(27-30)18-6-8-19(33-2)9-7-18/h6-9,14,17,27H,3-5,10-13,15-16H2,1-2H3/t17-/m0/s1. The van der Waals surface area contributed by atoms with E-state index in [0.29, 0.717) is 30.7 Å². The van der Waals surface area contributed by atoms with Crippen LogP contribution in [0.15, 0.2) is 35.1 Å². The molecule has 1 N–H and O–H groups in total. The number of H-pyrrole nitrogens is 1. The third kappa shape index (κ3) is 4.27. The van der Waals surface area contributed by atoms with Crippen LogP contribution in [0.4, 0.5) is 0 Å². The maximum atomic E-state index is 13.3. The lowest BCUT2D eigenvalue weighted by atomic mass is 10.0. The number of hydrogen-bond acceptors (Lipinski definition) is 5. The number of ether oxygens (including phenoxy) is 1. The monoisotopic (exact) mass is 449 g/mol. The van der Waals surface area contributed by atoms with E-state index in [4.69, 9.17) is 9.72 Å². The Labute approximate surface area is 193 Å². The molecule has 1 atom stereocenters. The first kappa shape index (κ1) is 21.7. The third-order valence-corrected chi connectivity index (χ3v) is 6.88. The molecule has 174 valence electrons. The van der Waals surface area contributed by atoms with Crippen LogP contribution < -0.4 is 10.3 Å². The largest absolute Gasteiger partial charge is 0.497 e. The highest BCUT2D eigenvalue weighted by Gasteiger charge is 2.29. The fourth-order valence-corrected chi connectivity index (χ4v) is 5.01. The third-order valence-electron chi connectivity index (χ3n) is 6.88. The number of aromatic amines is 1. The number of rotatable bonds is 5. The Balaban J connectivity index is 1.36. The van der Waals surface area contributed by atoms with Gasteiger partial charge in [-0.2, -0.15) is 0 Å². The van der Waals surface area contributed by atoms with Crippen molar-refractivity contribution in [3.63, 3.8) is 0 Å². The maximum Gasteiger partial charge on any atom is 0.277 e. The van der Waals surface area contributed by atoms with Crippen molar-refractivity contribution in [2.45, 2.75) is 39.2 Å². The minimum atomic E-state index is -0.129. The van der Waals surface area contributed by atoms with E-state index in [1.807, 2.05) is 42.2 Å². The number of methoxy groups -OCH3 is 1. The molecule has 0 aliphatic carbocycles. The Morgan fingerprint density at radius 3 is 2.64 bits per heavy atom. The highest BCUT2D eigenvalue weighted by molar-refractivity contribution is 5.79. The van der Waals surface area contributed by atoms with Crippen LogP contribution in [0, 0.1) is 5.92 Å². The van der Waals surface area contributed by atoms with E-state index >= 15 is 0 Å². The van der Waals surface area contributed by atoms with E-state index in [9.17, 15) is 9.59 Å². The van der Waals surface area contributed by atoms with Crippen molar-refractivity contribution >= 4 is 11.6 Å². The van der Waals surface area contributed by atoms with Gasteiger partial charge >= 0.3 is 0 Å². The molecule has 0 bridgehead atoms. The smallest absolute Gasteiger partial charge is 0.277 e. The van der Waals surface area contributed by atoms with Gasteiger partial charge in [0.2, 0.25) is 5.91 Å². The summed E-state index contributed by atoms with van der Waals surface area (Å²) in [5.41, 5.74) is 3.64. The Hall–Kier alpha value is -3.13. The Morgan fingerprint density at radius 1 is 1.15 bits per heavy atom. The van der Waals surface area contributed by atoms with Crippen LogP contribution in [-0.4, -0.2) is 63.6 Å². The lowest BCUT2D eigenvalue weighted by Gasteiger charge is -2.33. The lowest BCUT2D eigenvalue weighted by molar-refractivity contribution is -0.136. The number of likely N-dealkylation sites (tertiary alicyclic amines) is 1. The van der Waals surface area contributed by atoms with E-state index < -0.39 is 0 Å².